The van der Waals surface area contributed by atoms with E-state index >= 15 is 0 Å². The normalized spacial score (nSPS) is 24.4. The van der Waals surface area contributed by atoms with Crippen LogP contribution in [0.1, 0.15) is 44.6 Å². The van der Waals surface area contributed by atoms with Gasteiger partial charge in [0.2, 0.25) is 0 Å². The molecule has 0 spiro atoms. The molecule has 1 saturated carbocycles. The van der Waals surface area contributed by atoms with E-state index in [1.807, 2.05) is 0 Å². The van der Waals surface area contributed by atoms with Crippen LogP contribution in [-0.2, 0) is 6.54 Å². The second-order valence-corrected chi connectivity index (χ2v) is 5.54. The Labute approximate surface area is 111 Å². The highest BCUT2D eigenvalue weighted by Crippen LogP contribution is 2.23. The minimum atomic E-state index is 0.416. The van der Waals surface area contributed by atoms with Crippen molar-refractivity contribution >= 4 is 0 Å². The lowest BCUT2D eigenvalue weighted by molar-refractivity contribution is 0.140. The molecule has 2 N–H and O–H groups in total. The van der Waals surface area contributed by atoms with Gasteiger partial charge >= 0.3 is 0 Å². The smallest absolute Gasteiger partial charge is 0.0236 e. The molecule has 0 radical (unpaired) electrons. The number of hydrogen-bond acceptors (Lipinski definition) is 2. The number of hydrogen-bond donors (Lipinski definition) is 1. The summed E-state index contributed by atoms with van der Waals surface area (Å²) in [5.74, 6) is 0. The second kappa shape index (κ2) is 6.91. The van der Waals surface area contributed by atoms with Gasteiger partial charge in [-0.05, 0) is 37.8 Å². The van der Waals surface area contributed by atoms with E-state index in [0.717, 1.165) is 6.54 Å². The summed E-state index contributed by atoms with van der Waals surface area (Å²) in [7, 11) is 0. The fraction of sp³-hybridized carbons (Fsp3) is 0.625. The van der Waals surface area contributed by atoms with Crippen molar-refractivity contribution in [2.24, 2.45) is 5.73 Å². The average molecular weight is 246 g/mol. The van der Waals surface area contributed by atoms with E-state index in [0.29, 0.717) is 12.1 Å². The first-order valence-electron chi connectivity index (χ1n) is 7.33. The van der Waals surface area contributed by atoms with Crippen molar-refractivity contribution in [1.82, 2.24) is 4.90 Å². The predicted molar refractivity (Wildman–Crippen MR) is 77.4 cm³/mol. The van der Waals surface area contributed by atoms with Crippen LogP contribution < -0.4 is 5.73 Å². The lowest BCUT2D eigenvalue weighted by atomic mass is 9.90. The maximum absolute atomic E-state index is 6.13. The van der Waals surface area contributed by atoms with Gasteiger partial charge in [-0.3, -0.25) is 4.90 Å². The summed E-state index contributed by atoms with van der Waals surface area (Å²) in [5, 5.41) is 0. The van der Waals surface area contributed by atoms with Crippen LogP contribution in [0.4, 0.5) is 0 Å². The highest BCUT2D eigenvalue weighted by atomic mass is 15.2. The maximum Gasteiger partial charge on any atom is 0.0236 e. The molecule has 18 heavy (non-hydrogen) atoms. The predicted octanol–water partition coefficient (Wildman–Crippen LogP) is 3.17. The Hall–Kier alpha value is -0.860. The molecule has 0 heterocycles. The lowest BCUT2D eigenvalue weighted by Gasteiger charge is -2.36. The van der Waals surface area contributed by atoms with Crippen LogP contribution in [0.5, 0.6) is 0 Å². The molecule has 2 nitrogen and oxygen atoms in total. The van der Waals surface area contributed by atoms with Crippen LogP contribution in [0.25, 0.3) is 0 Å². The largest absolute Gasteiger partial charge is 0.328 e. The van der Waals surface area contributed by atoms with Gasteiger partial charge in [-0.25, -0.2) is 0 Å². The molecule has 2 unspecified atom stereocenters. The first kappa shape index (κ1) is 13.6. The zero-order chi connectivity index (χ0) is 12.8. The molecule has 2 atom stereocenters. The van der Waals surface area contributed by atoms with Gasteiger partial charge in [0, 0.05) is 18.6 Å². The van der Waals surface area contributed by atoms with Crippen molar-refractivity contribution in [2.45, 2.75) is 57.7 Å². The zero-order valence-corrected chi connectivity index (χ0v) is 11.5. The van der Waals surface area contributed by atoms with Crippen molar-refractivity contribution in [3.63, 3.8) is 0 Å². The molecule has 0 aromatic heterocycles. The summed E-state index contributed by atoms with van der Waals surface area (Å²) in [6.45, 7) is 4.53. The van der Waals surface area contributed by atoms with Crippen molar-refractivity contribution in [2.75, 3.05) is 6.54 Å². The summed E-state index contributed by atoms with van der Waals surface area (Å²) >= 11 is 0. The molecule has 1 aliphatic carbocycles. The molecule has 100 valence electrons. The Kier molecular flexibility index (Phi) is 5.21. The van der Waals surface area contributed by atoms with E-state index in [2.05, 4.69) is 42.2 Å². The van der Waals surface area contributed by atoms with Crippen LogP contribution in [-0.4, -0.2) is 23.5 Å². The minimum Gasteiger partial charge on any atom is -0.328 e. The second-order valence-electron chi connectivity index (χ2n) is 5.54. The van der Waals surface area contributed by atoms with E-state index in [1.54, 1.807) is 0 Å². The highest BCUT2D eigenvalue weighted by molar-refractivity contribution is 5.14. The maximum atomic E-state index is 6.13. The monoisotopic (exact) mass is 246 g/mol. The fourth-order valence-electron chi connectivity index (χ4n) is 3.03. The molecule has 0 bridgehead atoms. The van der Waals surface area contributed by atoms with Gasteiger partial charge in [0.25, 0.3) is 0 Å². The molecular formula is C16H26N2. The molecule has 0 saturated heterocycles. The summed E-state index contributed by atoms with van der Waals surface area (Å²) < 4.78 is 0. The molecule has 1 aliphatic rings. The van der Waals surface area contributed by atoms with Crippen LogP contribution in [0, 0.1) is 0 Å². The first-order chi connectivity index (χ1) is 8.79. The van der Waals surface area contributed by atoms with Gasteiger partial charge in [-0.15, -0.1) is 0 Å². The van der Waals surface area contributed by atoms with E-state index < -0.39 is 0 Å². The van der Waals surface area contributed by atoms with Crippen molar-refractivity contribution in [3.8, 4) is 0 Å². The van der Waals surface area contributed by atoms with E-state index in [9.17, 15) is 0 Å². The molecule has 2 rings (SSSR count). The molecule has 0 aliphatic heterocycles. The van der Waals surface area contributed by atoms with Gasteiger partial charge < -0.3 is 5.73 Å². The van der Waals surface area contributed by atoms with Gasteiger partial charge in [-0.1, -0.05) is 43.7 Å². The Morgan fingerprint density at radius 3 is 2.67 bits per heavy atom. The van der Waals surface area contributed by atoms with Gasteiger partial charge in [0.05, 0.1) is 0 Å². The van der Waals surface area contributed by atoms with Crippen molar-refractivity contribution in [3.05, 3.63) is 35.9 Å². The van der Waals surface area contributed by atoms with Crippen LogP contribution in [0.2, 0.25) is 0 Å². The third-order valence-corrected chi connectivity index (χ3v) is 3.94. The minimum absolute atomic E-state index is 0.416. The number of rotatable bonds is 5. The summed E-state index contributed by atoms with van der Waals surface area (Å²) in [4.78, 5) is 2.63. The quantitative estimate of drug-likeness (QED) is 0.864. The van der Waals surface area contributed by atoms with Gasteiger partial charge in [0.15, 0.2) is 0 Å². The van der Waals surface area contributed by atoms with Crippen LogP contribution in [0.15, 0.2) is 30.3 Å². The van der Waals surface area contributed by atoms with E-state index in [-0.39, 0.29) is 0 Å². The molecule has 1 aromatic carbocycles. The van der Waals surface area contributed by atoms with Crippen molar-refractivity contribution in [1.29, 1.82) is 0 Å². The van der Waals surface area contributed by atoms with E-state index in [4.69, 9.17) is 5.73 Å². The van der Waals surface area contributed by atoms with E-state index in [1.165, 1.54) is 44.2 Å². The molecule has 1 aromatic rings. The Morgan fingerprint density at radius 1 is 1.22 bits per heavy atom. The summed E-state index contributed by atoms with van der Waals surface area (Å²) in [6.07, 6.45) is 6.22. The lowest BCUT2D eigenvalue weighted by Crippen LogP contribution is -2.42. The molecular weight excluding hydrogens is 220 g/mol. The topological polar surface area (TPSA) is 29.3 Å². The summed E-state index contributed by atoms with van der Waals surface area (Å²) in [5.41, 5.74) is 7.55. The zero-order valence-electron chi connectivity index (χ0n) is 11.5. The number of nitrogens with zero attached hydrogens (tertiary/aromatic N) is 1. The number of nitrogens with two attached hydrogens (primary N) is 1. The van der Waals surface area contributed by atoms with Crippen molar-refractivity contribution < 1.29 is 0 Å². The number of benzene rings is 1. The fourth-order valence-corrected chi connectivity index (χ4v) is 3.03. The Morgan fingerprint density at radius 2 is 2.00 bits per heavy atom. The van der Waals surface area contributed by atoms with Crippen LogP contribution >= 0.6 is 0 Å². The highest BCUT2D eigenvalue weighted by Gasteiger charge is 2.24. The SMILES string of the molecule is CCCN(Cc1ccccc1)C1CCCC(N)C1. The third kappa shape index (κ3) is 3.82. The molecule has 0 amide bonds. The van der Waals surface area contributed by atoms with Gasteiger partial charge in [-0.2, -0.15) is 0 Å². The third-order valence-electron chi connectivity index (χ3n) is 3.94. The Bertz CT molecular complexity index is 336. The van der Waals surface area contributed by atoms with Gasteiger partial charge in [0.1, 0.15) is 0 Å². The standard InChI is InChI=1S/C16H26N2/c1-2-11-18(13-14-7-4-3-5-8-14)16-10-6-9-15(17)12-16/h3-5,7-8,15-16H,2,6,9-13,17H2,1H3. The molecule has 1 fully saturated rings. The average Bonchev–Trinajstić information content (AvgIpc) is 2.39. The molecule has 2 heteroatoms. The first-order valence-corrected chi connectivity index (χ1v) is 7.33. The van der Waals surface area contributed by atoms with Crippen LogP contribution in [0.3, 0.4) is 0 Å². The summed E-state index contributed by atoms with van der Waals surface area (Å²) in [6, 6.07) is 11.9. The Balaban J connectivity index is 1.98.